The molecule has 3 aromatic rings. The van der Waals surface area contributed by atoms with Crippen LogP contribution in [-0.4, -0.2) is 35.5 Å². The summed E-state index contributed by atoms with van der Waals surface area (Å²) >= 11 is 0. The van der Waals surface area contributed by atoms with E-state index in [1.54, 1.807) is 25.1 Å². The fraction of sp³-hybridized carbons (Fsp3) is 0.371. The van der Waals surface area contributed by atoms with E-state index in [0.29, 0.717) is 35.1 Å². The minimum absolute atomic E-state index is 0.0343. The minimum Gasteiger partial charge on any atom is -0.490 e. The first kappa shape index (κ1) is 28.9. The van der Waals surface area contributed by atoms with Crippen LogP contribution in [0.25, 0.3) is 6.08 Å². The number of hydrogen-bond donors (Lipinski definition) is 2. The van der Waals surface area contributed by atoms with E-state index in [1.807, 2.05) is 12.1 Å². The molecule has 5 fully saturated rings. The number of hydrogen-bond acceptors (Lipinski definition) is 7. The van der Waals surface area contributed by atoms with Crippen molar-refractivity contribution in [2.24, 2.45) is 17.8 Å². The van der Waals surface area contributed by atoms with Gasteiger partial charge in [-0.25, -0.2) is 14.5 Å². The molecule has 1 saturated heterocycles. The van der Waals surface area contributed by atoms with Crippen LogP contribution in [0.1, 0.15) is 72.9 Å². The lowest BCUT2D eigenvalue weighted by atomic mass is 9.48. The van der Waals surface area contributed by atoms with Gasteiger partial charge in [0.1, 0.15) is 17.9 Å². The van der Waals surface area contributed by atoms with Gasteiger partial charge in [0.25, 0.3) is 11.8 Å². The topological polar surface area (TPSA) is 135 Å². The highest BCUT2D eigenvalue weighted by Crippen LogP contribution is 2.60. The highest BCUT2D eigenvalue weighted by molar-refractivity contribution is 6.39. The van der Waals surface area contributed by atoms with Gasteiger partial charge >= 0.3 is 12.0 Å². The van der Waals surface area contributed by atoms with Crippen LogP contribution in [0.15, 0.2) is 64.6 Å². The predicted molar refractivity (Wildman–Crippen MR) is 163 cm³/mol. The normalized spacial score (nSPS) is 26.3. The molecule has 2 N–H and O–H groups in total. The smallest absolute Gasteiger partial charge is 0.371 e. The zero-order valence-electron chi connectivity index (χ0n) is 24.9. The number of benzene rings is 2. The van der Waals surface area contributed by atoms with E-state index in [2.05, 4.69) is 17.4 Å². The summed E-state index contributed by atoms with van der Waals surface area (Å²) in [5.74, 6) is 0.584. The maximum absolute atomic E-state index is 13.6. The van der Waals surface area contributed by atoms with E-state index >= 15 is 0 Å². The Morgan fingerprint density at radius 2 is 1.64 bits per heavy atom. The van der Waals surface area contributed by atoms with Crippen molar-refractivity contribution in [2.75, 3.05) is 11.5 Å². The number of amides is 4. The summed E-state index contributed by atoms with van der Waals surface area (Å²) in [6.45, 7) is 2.09. The van der Waals surface area contributed by atoms with E-state index in [1.165, 1.54) is 62.3 Å². The first-order valence-electron chi connectivity index (χ1n) is 15.4. The molecule has 232 valence electrons. The summed E-state index contributed by atoms with van der Waals surface area (Å²) in [5.41, 5.74) is 2.18. The number of anilines is 1. The van der Waals surface area contributed by atoms with Crippen LogP contribution < -0.4 is 19.7 Å². The standard InChI is InChI=1S/C35H34N2O8/c1-2-43-30-15-20(3-9-28(30)44-19-26-8-10-29(45-26)33(40)41)14-27-31(38)36-34(42)37(32(27)39)25-6-4-24(5-7-25)35-16-21-11-22(17-35)13-23(12-21)18-35/h3-10,14-15,21-23H,2,11-13,16-19H2,1H3,(H,40,41)(H,36,38,42). The molecule has 2 aromatic carbocycles. The molecule has 0 radical (unpaired) electrons. The van der Waals surface area contributed by atoms with E-state index in [9.17, 15) is 19.2 Å². The number of carboxylic acid groups (broad SMARTS) is 1. The first-order valence-corrected chi connectivity index (χ1v) is 15.4. The number of furan rings is 1. The number of nitrogens with zero attached hydrogens (tertiary/aromatic N) is 1. The quantitative estimate of drug-likeness (QED) is 0.220. The summed E-state index contributed by atoms with van der Waals surface area (Å²) in [5, 5.41) is 11.4. The number of carbonyl (C=O) groups excluding carboxylic acids is 3. The van der Waals surface area contributed by atoms with Crippen molar-refractivity contribution in [3.8, 4) is 11.5 Å². The highest BCUT2D eigenvalue weighted by Gasteiger charge is 2.51. The lowest BCUT2D eigenvalue weighted by molar-refractivity contribution is -0.122. The average Bonchev–Trinajstić information content (AvgIpc) is 3.48. The zero-order valence-corrected chi connectivity index (χ0v) is 24.9. The van der Waals surface area contributed by atoms with Crippen LogP contribution in [0.2, 0.25) is 0 Å². The number of aromatic carboxylic acids is 1. The Morgan fingerprint density at radius 3 is 2.27 bits per heavy atom. The molecule has 4 bridgehead atoms. The van der Waals surface area contributed by atoms with Crippen molar-refractivity contribution < 1.29 is 38.2 Å². The first-order chi connectivity index (χ1) is 21.7. The highest BCUT2D eigenvalue weighted by atomic mass is 16.5. The van der Waals surface area contributed by atoms with E-state index in [4.69, 9.17) is 19.0 Å². The van der Waals surface area contributed by atoms with Crippen molar-refractivity contribution >= 4 is 35.6 Å². The molecule has 1 aromatic heterocycles. The molecule has 0 spiro atoms. The van der Waals surface area contributed by atoms with Gasteiger partial charge in [0, 0.05) is 0 Å². The molecule has 8 rings (SSSR count). The number of urea groups is 1. The molecule has 10 heteroatoms. The van der Waals surface area contributed by atoms with Gasteiger partial charge < -0.3 is 19.0 Å². The van der Waals surface area contributed by atoms with Crippen molar-refractivity contribution in [1.82, 2.24) is 5.32 Å². The third-order valence-corrected chi connectivity index (χ3v) is 9.70. The second-order valence-corrected chi connectivity index (χ2v) is 12.7. The Hall–Kier alpha value is -4.86. The molecule has 4 amide bonds. The Labute approximate surface area is 260 Å². The summed E-state index contributed by atoms with van der Waals surface area (Å²) in [7, 11) is 0. The third kappa shape index (κ3) is 5.38. The molecule has 0 atom stereocenters. The van der Waals surface area contributed by atoms with Crippen LogP contribution in [0, 0.1) is 17.8 Å². The number of carbonyl (C=O) groups is 4. The Bertz CT molecular complexity index is 1680. The number of ether oxygens (including phenoxy) is 2. The van der Waals surface area contributed by atoms with Gasteiger partial charge in [-0.1, -0.05) is 18.2 Å². The molecule has 4 saturated carbocycles. The third-order valence-electron chi connectivity index (χ3n) is 9.70. The summed E-state index contributed by atoms with van der Waals surface area (Å²) in [6, 6.07) is 14.7. The van der Waals surface area contributed by atoms with Gasteiger partial charge in [-0.3, -0.25) is 14.9 Å². The van der Waals surface area contributed by atoms with Crippen LogP contribution in [0.5, 0.6) is 11.5 Å². The second kappa shape index (κ2) is 11.3. The summed E-state index contributed by atoms with van der Waals surface area (Å²) in [6.07, 6.45) is 9.11. The Morgan fingerprint density at radius 1 is 0.956 bits per heavy atom. The maximum Gasteiger partial charge on any atom is 0.371 e. The van der Waals surface area contributed by atoms with Crippen molar-refractivity contribution in [2.45, 2.75) is 57.5 Å². The summed E-state index contributed by atoms with van der Waals surface area (Å²) < 4.78 is 16.8. The number of barbiturate groups is 1. The molecule has 45 heavy (non-hydrogen) atoms. The average molecular weight is 611 g/mol. The number of nitrogens with one attached hydrogen (secondary N) is 1. The molecule has 0 unspecified atom stereocenters. The van der Waals surface area contributed by atoms with Crippen LogP contribution >= 0.6 is 0 Å². The Kier molecular flexibility index (Phi) is 7.22. The van der Waals surface area contributed by atoms with Gasteiger partial charge in [0.15, 0.2) is 11.5 Å². The lowest BCUT2D eigenvalue weighted by Gasteiger charge is -2.57. The predicted octanol–water partition coefficient (Wildman–Crippen LogP) is 6.09. The van der Waals surface area contributed by atoms with E-state index < -0.39 is 23.8 Å². The van der Waals surface area contributed by atoms with Crippen LogP contribution in [0.3, 0.4) is 0 Å². The van der Waals surface area contributed by atoms with Crippen molar-refractivity contribution in [3.63, 3.8) is 0 Å². The van der Waals surface area contributed by atoms with E-state index in [-0.39, 0.29) is 23.4 Å². The zero-order chi connectivity index (χ0) is 31.3. The molecule has 10 nitrogen and oxygen atoms in total. The molecule has 2 heterocycles. The fourth-order valence-electron chi connectivity index (χ4n) is 8.21. The van der Waals surface area contributed by atoms with Gasteiger partial charge in [-0.2, -0.15) is 0 Å². The van der Waals surface area contributed by atoms with E-state index in [0.717, 1.165) is 22.7 Å². The van der Waals surface area contributed by atoms with Crippen molar-refractivity contribution in [3.05, 3.63) is 82.8 Å². The monoisotopic (exact) mass is 610 g/mol. The molecular formula is C35H34N2O8. The minimum atomic E-state index is -1.18. The second-order valence-electron chi connectivity index (χ2n) is 12.7. The SMILES string of the molecule is CCOc1cc(C=C2C(=O)NC(=O)N(c3ccc(C45CC6CC(CC(C6)C4)C5)cc3)C2=O)ccc1OCc1ccc(C(=O)O)o1. The summed E-state index contributed by atoms with van der Waals surface area (Å²) in [4.78, 5) is 51.4. The van der Waals surface area contributed by atoms with Gasteiger partial charge in [0.05, 0.1) is 12.3 Å². The van der Waals surface area contributed by atoms with Crippen molar-refractivity contribution in [1.29, 1.82) is 0 Å². The number of rotatable bonds is 9. The van der Waals surface area contributed by atoms with Gasteiger partial charge in [-0.15, -0.1) is 0 Å². The largest absolute Gasteiger partial charge is 0.490 e. The molecule has 1 aliphatic heterocycles. The lowest BCUT2D eigenvalue weighted by Crippen LogP contribution is -2.54. The van der Waals surface area contributed by atoms with Crippen LogP contribution in [0.4, 0.5) is 10.5 Å². The fourth-order valence-corrected chi connectivity index (χ4v) is 8.21. The molecular weight excluding hydrogens is 576 g/mol. The maximum atomic E-state index is 13.6. The van der Waals surface area contributed by atoms with Crippen LogP contribution in [-0.2, 0) is 21.6 Å². The number of carboxylic acids is 1. The number of imide groups is 2. The van der Waals surface area contributed by atoms with Gasteiger partial charge in [0.2, 0.25) is 5.76 Å². The molecule has 4 aliphatic carbocycles. The molecule has 5 aliphatic rings. The van der Waals surface area contributed by atoms with Gasteiger partial charge in [-0.05, 0) is 122 Å². The Balaban J connectivity index is 1.11.